The molecule has 2 aromatic carbocycles. The lowest BCUT2D eigenvalue weighted by Crippen LogP contribution is -2.34. The summed E-state index contributed by atoms with van der Waals surface area (Å²) in [7, 11) is -1.73. The van der Waals surface area contributed by atoms with Gasteiger partial charge in [-0.2, -0.15) is 0 Å². The predicted octanol–water partition coefficient (Wildman–Crippen LogP) is 4.08. The lowest BCUT2D eigenvalue weighted by Gasteiger charge is -2.33. The normalized spacial score (nSPS) is 14.8. The summed E-state index contributed by atoms with van der Waals surface area (Å²) in [6.45, 7) is 8.93. The Balaban J connectivity index is 2.16. The van der Waals surface area contributed by atoms with Crippen molar-refractivity contribution in [2.24, 2.45) is 0 Å². The van der Waals surface area contributed by atoms with Gasteiger partial charge in [0.15, 0.2) is 11.5 Å². The monoisotopic (exact) mass is 446 g/mol. The van der Waals surface area contributed by atoms with Gasteiger partial charge in [-0.25, -0.2) is 8.42 Å². The molecular weight excluding hydrogens is 416 g/mol. The molecule has 0 bridgehead atoms. The quantitative estimate of drug-likeness (QED) is 0.655. The summed E-state index contributed by atoms with van der Waals surface area (Å²) in [5, 5.41) is 3.31. The first-order valence-corrected chi connectivity index (χ1v) is 12.2. The lowest BCUT2D eigenvalue weighted by atomic mass is 10.0. The molecule has 1 unspecified atom stereocenters. The molecule has 0 aromatic heterocycles. The number of para-hydroxylation sites is 1. The highest BCUT2D eigenvalue weighted by Gasteiger charge is 2.29. The van der Waals surface area contributed by atoms with Crippen LogP contribution in [0.1, 0.15) is 31.0 Å². The van der Waals surface area contributed by atoms with Crippen LogP contribution < -0.4 is 19.7 Å². The van der Waals surface area contributed by atoms with Gasteiger partial charge < -0.3 is 24.4 Å². The van der Waals surface area contributed by atoms with Gasteiger partial charge in [0.1, 0.15) is 23.3 Å². The number of nitrogens with one attached hydrogen (secondary N) is 1. The van der Waals surface area contributed by atoms with Crippen molar-refractivity contribution in [3.8, 4) is 11.5 Å². The Morgan fingerprint density at radius 2 is 2.06 bits per heavy atom. The summed E-state index contributed by atoms with van der Waals surface area (Å²) < 4.78 is 41.7. The van der Waals surface area contributed by atoms with Gasteiger partial charge in [-0.1, -0.05) is 24.8 Å². The van der Waals surface area contributed by atoms with Crippen LogP contribution in [0.15, 0.2) is 43.0 Å². The maximum absolute atomic E-state index is 12.4. The second kappa shape index (κ2) is 9.62. The lowest BCUT2D eigenvalue weighted by molar-refractivity contribution is 0.150. The predicted molar refractivity (Wildman–Crippen MR) is 125 cm³/mol. The average molecular weight is 447 g/mol. The molecule has 0 radical (unpaired) electrons. The average Bonchev–Trinajstić information content (AvgIpc) is 2.94. The van der Waals surface area contributed by atoms with Gasteiger partial charge in [-0.15, -0.1) is 0 Å². The van der Waals surface area contributed by atoms with E-state index in [0.29, 0.717) is 24.8 Å². The number of ether oxygens (including phenoxy) is 3. The second-order valence-electron chi connectivity index (χ2n) is 7.56. The van der Waals surface area contributed by atoms with Crippen molar-refractivity contribution in [3.63, 3.8) is 0 Å². The van der Waals surface area contributed by atoms with Gasteiger partial charge in [0.05, 0.1) is 36.9 Å². The van der Waals surface area contributed by atoms with Crippen molar-refractivity contribution in [1.82, 2.24) is 0 Å². The Kier molecular flexibility index (Phi) is 7.12. The van der Waals surface area contributed by atoms with Gasteiger partial charge in [0.2, 0.25) is 0 Å². The van der Waals surface area contributed by atoms with Gasteiger partial charge in [0, 0.05) is 11.8 Å². The topological polar surface area (TPSA) is 77.1 Å². The Labute approximate surface area is 184 Å². The maximum Gasteiger partial charge on any atom is 0.161 e. The molecule has 1 aliphatic heterocycles. The fraction of sp³-hybridized carbons (Fsp3) is 0.391. The van der Waals surface area contributed by atoms with E-state index in [1.165, 1.54) is 6.26 Å². The molecule has 7 nitrogen and oxygen atoms in total. The number of fused-ring (bicyclic) bond motifs is 1. The molecule has 1 heterocycles. The van der Waals surface area contributed by atoms with E-state index in [1.807, 2.05) is 49.1 Å². The highest BCUT2D eigenvalue weighted by Crippen LogP contribution is 2.40. The zero-order valence-electron chi connectivity index (χ0n) is 18.5. The fourth-order valence-electron chi connectivity index (χ4n) is 3.74. The highest BCUT2D eigenvalue weighted by atomic mass is 32.2. The molecule has 168 valence electrons. The SMILES string of the molecule is C=C(C)c1cccc2c1NCOCN2C(CS(C)(=O)=O)c1ccc(OC)c(OCC)c1. The standard InChI is InChI=1S/C23H30N2O5S/c1-6-30-22-12-17(10-11-21(22)28-4)20(13-31(5,26)27)25-15-29-14-24-23-18(16(2)3)8-7-9-19(23)25/h7-12,20,24H,2,6,13-15H2,1,3-5H3. The van der Waals surface area contributed by atoms with Crippen LogP contribution >= 0.6 is 0 Å². The van der Waals surface area contributed by atoms with Gasteiger partial charge >= 0.3 is 0 Å². The molecule has 1 aliphatic rings. The third-order valence-electron chi connectivity index (χ3n) is 5.10. The molecule has 0 amide bonds. The Morgan fingerprint density at radius 1 is 1.29 bits per heavy atom. The summed E-state index contributed by atoms with van der Waals surface area (Å²) in [5.41, 5.74) is 4.42. The molecule has 8 heteroatoms. The first kappa shape index (κ1) is 23.0. The van der Waals surface area contributed by atoms with Crippen molar-refractivity contribution < 1.29 is 22.6 Å². The number of methoxy groups -OCH3 is 1. The van der Waals surface area contributed by atoms with Crippen molar-refractivity contribution >= 4 is 26.8 Å². The summed E-state index contributed by atoms with van der Waals surface area (Å²) in [4.78, 5) is 1.97. The number of allylic oxidation sites excluding steroid dienone is 1. The number of rotatable bonds is 8. The van der Waals surface area contributed by atoms with Crippen molar-refractivity contribution in [3.05, 3.63) is 54.1 Å². The molecule has 3 rings (SSSR count). The van der Waals surface area contributed by atoms with Crippen LogP contribution in [0.25, 0.3) is 5.57 Å². The van der Waals surface area contributed by atoms with E-state index >= 15 is 0 Å². The van der Waals surface area contributed by atoms with Crippen LogP contribution in [0.5, 0.6) is 11.5 Å². The smallest absolute Gasteiger partial charge is 0.161 e. The van der Waals surface area contributed by atoms with Crippen LogP contribution in [0.4, 0.5) is 11.4 Å². The molecule has 2 aromatic rings. The third-order valence-corrected chi connectivity index (χ3v) is 6.02. The number of benzene rings is 2. The number of nitrogens with zero attached hydrogens (tertiary/aromatic N) is 1. The van der Waals surface area contributed by atoms with Crippen LogP contribution in [-0.4, -0.2) is 47.6 Å². The minimum Gasteiger partial charge on any atom is -0.493 e. The van der Waals surface area contributed by atoms with Crippen LogP contribution in [0.3, 0.4) is 0 Å². The first-order chi connectivity index (χ1) is 14.7. The third kappa shape index (κ3) is 5.32. The zero-order chi connectivity index (χ0) is 22.6. The molecule has 1 N–H and O–H groups in total. The van der Waals surface area contributed by atoms with Crippen LogP contribution in [0.2, 0.25) is 0 Å². The van der Waals surface area contributed by atoms with Gasteiger partial charge in [-0.3, -0.25) is 0 Å². The Bertz CT molecular complexity index is 1050. The molecule has 0 saturated heterocycles. The molecule has 0 saturated carbocycles. The molecule has 0 spiro atoms. The molecule has 0 aliphatic carbocycles. The molecule has 0 fully saturated rings. The number of anilines is 2. The van der Waals surface area contributed by atoms with Gasteiger partial charge in [-0.05, 0) is 43.2 Å². The van der Waals surface area contributed by atoms with E-state index in [4.69, 9.17) is 14.2 Å². The largest absolute Gasteiger partial charge is 0.493 e. The highest BCUT2D eigenvalue weighted by molar-refractivity contribution is 7.90. The van der Waals surface area contributed by atoms with E-state index in [0.717, 1.165) is 28.1 Å². The Hall–Kier alpha value is -2.71. The van der Waals surface area contributed by atoms with Crippen molar-refractivity contribution in [2.75, 3.05) is 49.4 Å². The summed E-state index contributed by atoms with van der Waals surface area (Å²) in [5.74, 6) is 1.10. The minimum absolute atomic E-state index is 0.0784. The summed E-state index contributed by atoms with van der Waals surface area (Å²) in [6.07, 6.45) is 1.25. The number of hydrogen-bond acceptors (Lipinski definition) is 7. The molecule has 31 heavy (non-hydrogen) atoms. The van der Waals surface area contributed by atoms with E-state index in [9.17, 15) is 8.42 Å². The number of hydrogen-bond donors (Lipinski definition) is 1. The summed E-state index contributed by atoms with van der Waals surface area (Å²) in [6, 6.07) is 10.9. The minimum atomic E-state index is -3.31. The molecule has 1 atom stereocenters. The van der Waals surface area contributed by atoms with Gasteiger partial charge in [0.25, 0.3) is 0 Å². The fourth-order valence-corrected chi connectivity index (χ4v) is 4.68. The van der Waals surface area contributed by atoms with E-state index in [2.05, 4.69) is 11.9 Å². The maximum atomic E-state index is 12.4. The van der Waals surface area contributed by atoms with Crippen molar-refractivity contribution in [2.45, 2.75) is 19.9 Å². The van der Waals surface area contributed by atoms with Crippen LogP contribution in [-0.2, 0) is 14.6 Å². The van der Waals surface area contributed by atoms with E-state index < -0.39 is 15.9 Å². The van der Waals surface area contributed by atoms with E-state index in [-0.39, 0.29) is 12.5 Å². The van der Waals surface area contributed by atoms with Crippen molar-refractivity contribution in [1.29, 1.82) is 0 Å². The van der Waals surface area contributed by atoms with E-state index in [1.54, 1.807) is 13.2 Å². The first-order valence-electron chi connectivity index (χ1n) is 10.1. The zero-order valence-corrected chi connectivity index (χ0v) is 19.3. The molecular formula is C23H30N2O5S. The second-order valence-corrected chi connectivity index (χ2v) is 9.74. The Morgan fingerprint density at radius 3 is 2.71 bits per heavy atom. The number of sulfone groups is 1. The van der Waals surface area contributed by atoms with Crippen LogP contribution in [0, 0.1) is 0 Å². The summed E-state index contributed by atoms with van der Waals surface area (Å²) >= 11 is 0.